The standard InChI is InChI=1S/C16H22BrClN2O/c1-19-10-12-3-2-8-20(11-12)16(21)7-4-13-9-14(18)5-6-15(13)17/h5-6,9,12,19H,2-4,7-8,10-11H2,1H3/t12-/m1/s1. The Morgan fingerprint density at radius 2 is 2.33 bits per heavy atom. The first-order chi connectivity index (χ1) is 10.1. The Bertz CT molecular complexity index is 493. The van der Waals surface area contributed by atoms with Gasteiger partial charge in [0.15, 0.2) is 0 Å². The smallest absolute Gasteiger partial charge is 0.222 e. The van der Waals surface area contributed by atoms with Crippen molar-refractivity contribution in [1.82, 2.24) is 10.2 Å². The van der Waals surface area contributed by atoms with Crippen molar-refractivity contribution < 1.29 is 4.79 Å². The number of amides is 1. The molecule has 21 heavy (non-hydrogen) atoms. The van der Waals surface area contributed by atoms with Crippen LogP contribution in [-0.2, 0) is 11.2 Å². The number of hydrogen-bond donors (Lipinski definition) is 1. The molecule has 1 aliphatic rings. The average molecular weight is 374 g/mol. The van der Waals surface area contributed by atoms with Crippen LogP contribution in [0.5, 0.6) is 0 Å². The zero-order chi connectivity index (χ0) is 15.2. The fourth-order valence-electron chi connectivity index (χ4n) is 2.88. The molecule has 1 heterocycles. The summed E-state index contributed by atoms with van der Waals surface area (Å²) >= 11 is 9.53. The number of benzene rings is 1. The molecule has 0 saturated carbocycles. The molecule has 1 aromatic carbocycles. The van der Waals surface area contributed by atoms with Gasteiger partial charge in [-0.05, 0) is 62.5 Å². The van der Waals surface area contributed by atoms with Gasteiger partial charge in [-0.15, -0.1) is 0 Å². The summed E-state index contributed by atoms with van der Waals surface area (Å²) in [6.07, 6.45) is 3.60. The molecule has 1 N–H and O–H groups in total. The Kier molecular flexibility index (Phi) is 6.52. The SMILES string of the molecule is CNC[C@H]1CCCN(C(=O)CCc2cc(Cl)ccc2Br)C1. The second kappa shape index (κ2) is 8.16. The largest absolute Gasteiger partial charge is 0.342 e. The van der Waals surface area contributed by atoms with Gasteiger partial charge < -0.3 is 10.2 Å². The van der Waals surface area contributed by atoms with E-state index in [1.165, 1.54) is 6.42 Å². The number of hydrogen-bond acceptors (Lipinski definition) is 2. The summed E-state index contributed by atoms with van der Waals surface area (Å²) in [5.41, 5.74) is 1.10. The van der Waals surface area contributed by atoms with Gasteiger partial charge in [0, 0.05) is 29.0 Å². The van der Waals surface area contributed by atoms with Crippen LogP contribution in [0.1, 0.15) is 24.8 Å². The Labute approximate surface area is 140 Å². The lowest BCUT2D eigenvalue weighted by Gasteiger charge is -2.32. The summed E-state index contributed by atoms with van der Waals surface area (Å²) in [5.74, 6) is 0.841. The van der Waals surface area contributed by atoms with Gasteiger partial charge >= 0.3 is 0 Å². The van der Waals surface area contributed by atoms with Crippen LogP contribution in [0.4, 0.5) is 0 Å². The third-order valence-corrected chi connectivity index (χ3v) is 4.99. The van der Waals surface area contributed by atoms with E-state index < -0.39 is 0 Å². The highest BCUT2D eigenvalue weighted by Crippen LogP contribution is 2.23. The fraction of sp³-hybridized carbons (Fsp3) is 0.562. The number of likely N-dealkylation sites (tertiary alicyclic amines) is 1. The minimum Gasteiger partial charge on any atom is -0.342 e. The summed E-state index contributed by atoms with van der Waals surface area (Å²) in [7, 11) is 1.97. The Morgan fingerprint density at radius 3 is 3.10 bits per heavy atom. The monoisotopic (exact) mass is 372 g/mol. The van der Waals surface area contributed by atoms with Crippen LogP contribution in [0.2, 0.25) is 5.02 Å². The molecule has 0 radical (unpaired) electrons. The van der Waals surface area contributed by atoms with Crippen LogP contribution in [-0.4, -0.2) is 37.5 Å². The molecule has 1 fully saturated rings. The highest BCUT2D eigenvalue weighted by molar-refractivity contribution is 9.10. The van der Waals surface area contributed by atoms with Crippen molar-refractivity contribution in [2.75, 3.05) is 26.7 Å². The molecule has 0 unspecified atom stereocenters. The van der Waals surface area contributed by atoms with Gasteiger partial charge in [-0.3, -0.25) is 4.79 Å². The third kappa shape index (κ3) is 4.97. The minimum absolute atomic E-state index is 0.252. The normalized spacial score (nSPS) is 18.8. The molecule has 0 bridgehead atoms. The van der Waals surface area contributed by atoms with Gasteiger partial charge in [-0.1, -0.05) is 27.5 Å². The molecule has 2 rings (SSSR count). The average Bonchev–Trinajstić information content (AvgIpc) is 2.48. The van der Waals surface area contributed by atoms with Gasteiger partial charge in [0.1, 0.15) is 0 Å². The first-order valence-corrected chi connectivity index (χ1v) is 8.63. The first kappa shape index (κ1) is 16.8. The van der Waals surface area contributed by atoms with Gasteiger partial charge in [0.2, 0.25) is 5.91 Å². The molecule has 116 valence electrons. The molecule has 5 heteroatoms. The van der Waals surface area contributed by atoms with E-state index in [-0.39, 0.29) is 5.91 Å². The molecular weight excluding hydrogens is 352 g/mol. The molecular formula is C16H22BrClN2O. The van der Waals surface area contributed by atoms with E-state index >= 15 is 0 Å². The topological polar surface area (TPSA) is 32.3 Å². The maximum atomic E-state index is 12.4. The molecule has 1 aliphatic heterocycles. The van der Waals surface area contributed by atoms with Gasteiger partial charge in [0.05, 0.1) is 0 Å². The summed E-state index contributed by atoms with van der Waals surface area (Å²) in [4.78, 5) is 14.4. The third-order valence-electron chi connectivity index (χ3n) is 3.98. The van der Waals surface area contributed by atoms with Crippen LogP contribution in [0.25, 0.3) is 0 Å². The fourth-order valence-corrected chi connectivity index (χ4v) is 3.52. The zero-order valence-electron chi connectivity index (χ0n) is 12.4. The summed E-state index contributed by atoms with van der Waals surface area (Å²) < 4.78 is 1.02. The Morgan fingerprint density at radius 1 is 1.52 bits per heavy atom. The molecule has 0 aromatic heterocycles. The van der Waals surface area contributed by atoms with Crippen molar-refractivity contribution in [2.24, 2.45) is 5.92 Å². The second-order valence-electron chi connectivity index (χ2n) is 5.64. The number of halogens is 2. The quantitative estimate of drug-likeness (QED) is 0.857. The summed E-state index contributed by atoms with van der Waals surface area (Å²) in [6.45, 7) is 2.77. The zero-order valence-corrected chi connectivity index (χ0v) is 14.7. The van der Waals surface area contributed by atoms with Crippen molar-refractivity contribution >= 4 is 33.4 Å². The minimum atomic E-state index is 0.252. The number of carbonyl (C=O) groups excluding carboxylic acids is 1. The molecule has 1 atom stereocenters. The van der Waals surface area contributed by atoms with E-state index in [9.17, 15) is 4.79 Å². The molecule has 0 spiro atoms. The van der Waals surface area contributed by atoms with E-state index in [1.807, 2.05) is 30.1 Å². The Hall–Kier alpha value is -0.580. The van der Waals surface area contributed by atoms with Gasteiger partial charge in [-0.2, -0.15) is 0 Å². The van der Waals surface area contributed by atoms with E-state index in [1.54, 1.807) is 0 Å². The van der Waals surface area contributed by atoms with Gasteiger partial charge in [0.25, 0.3) is 0 Å². The van der Waals surface area contributed by atoms with Crippen molar-refractivity contribution in [3.8, 4) is 0 Å². The molecule has 1 aromatic rings. The van der Waals surface area contributed by atoms with Crippen molar-refractivity contribution in [1.29, 1.82) is 0 Å². The van der Waals surface area contributed by atoms with E-state index in [2.05, 4.69) is 21.2 Å². The summed E-state index contributed by atoms with van der Waals surface area (Å²) in [5, 5.41) is 3.93. The molecule has 0 aliphatic carbocycles. The van der Waals surface area contributed by atoms with Crippen LogP contribution in [0, 0.1) is 5.92 Å². The van der Waals surface area contributed by atoms with Crippen LogP contribution in [0.3, 0.4) is 0 Å². The van der Waals surface area contributed by atoms with Crippen LogP contribution < -0.4 is 5.32 Å². The lowest BCUT2D eigenvalue weighted by Crippen LogP contribution is -2.42. The van der Waals surface area contributed by atoms with Crippen LogP contribution in [0.15, 0.2) is 22.7 Å². The molecule has 3 nitrogen and oxygen atoms in total. The number of aryl methyl sites for hydroxylation is 1. The lowest BCUT2D eigenvalue weighted by atomic mass is 9.97. The maximum Gasteiger partial charge on any atom is 0.222 e. The molecule has 1 saturated heterocycles. The van der Waals surface area contributed by atoms with E-state index in [4.69, 9.17) is 11.6 Å². The highest BCUT2D eigenvalue weighted by atomic mass is 79.9. The first-order valence-electron chi connectivity index (χ1n) is 7.46. The maximum absolute atomic E-state index is 12.4. The number of piperidine rings is 1. The predicted octanol–water partition coefficient (Wildman–Crippen LogP) is 3.49. The number of carbonyl (C=O) groups is 1. The van der Waals surface area contributed by atoms with Crippen molar-refractivity contribution in [2.45, 2.75) is 25.7 Å². The highest BCUT2D eigenvalue weighted by Gasteiger charge is 2.22. The second-order valence-corrected chi connectivity index (χ2v) is 6.93. The number of nitrogens with one attached hydrogen (secondary N) is 1. The van der Waals surface area contributed by atoms with Crippen molar-refractivity contribution in [3.63, 3.8) is 0 Å². The lowest BCUT2D eigenvalue weighted by molar-refractivity contribution is -0.132. The number of rotatable bonds is 5. The van der Waals surface area contributed by atoms with Crippen LogP contribution >= 0.6 is 27.5 Å². The summed E-state index contributed by atoms with van der Waals surface area (Å²) in [6, 6.07) is 5.72. The van der Waals surface area contributed by atoms with E-state index in [0.717, 1.165) is 42.5 Å². The van der Waals surface area contributed by atoms with Gasteiger partial charge in [-0.25, -0.2) is 0 Å². The van der Waals surface area contributed by atoms with E-state index in [0.29, 0.717) is 17.4 Å². The van der Waals surface area contributed by atoms with Crippen molar-refractivity contribution in [3.05, 3.63) is 33.3 Å². The Balaban J connectivity index is 1.88. The molecule has 1 amide bonds. The number of nitrogens with zero attached hydrogens (tertiary/aromatic N) is 1. The predicted molar refractivity (Wildman–Crippen MR) is 90.7 cm³/mol.